The fraction of sp³-hybridized carbons (Fsp3) is 0.357. The van der Waals surface area contributed by atoms with Gasteiger partial charge in [-0.25, -0.2) is 0 Å². The van der Waals surface area contributed by atoms with E-state index in [2.05, 4.69) is 10.6 Å². The van der Waals surface area contributed by atoms with Gasteiger partial charge in [0, 0.05) is 6.54 Å². The monoisotopic (exact) mass is 276 g/mol. The van der Waals surface area contributed by atoms with Crippen LogP contribution in [0.15, 0.2) is 24.3 Å². The molecule has 0 saturated carbocycles. The summed E-state index contributed by atoms with van der Waals surface area (Å²) in [6.45, 7) is 2.17. The molecule has 0 radical (unpaired) electrons. The van der Waals surface area contributed by atoms with Gasteiger partial charge in [0.05, 0.1) is 18.5 Å². The summed E-state index contributed by atoms with van der Waals surface area (Å²) in [7, 11) is 0. The van der Waals surface area contributed by atoms with Crippen molar-refractivity contribution >= 4 is 17.6 Å². The number of hydrogen-bond donors (Lipinski definition) is 2. The Labute approximate surface area is 116 Å². The number of nitrogens with one attached hydrogen (secondary N) is 2. The van der Waals surface area contributed by atoms with Gasteiger partial charge in [-0.15, -0.1) is 0 Å². The van der Waals surface area contributed by atoms with Gasteiger partial charge in [0.2, 0.25) is 5.91 Å². The molecule has 1 unspecified atom stereocenters. The molecule has 1 aromatic carbocycles. The molecule has 0 aromatic heterocycles. The maximum atomic E-state index is 11.9. The summed E-state index contributed by atoms with van der Waals surface area (Å²) in [4.78, 5) is 35.1. The Morgan fingerprint density at radius 1 is 1.30 bits per heavy atom. The molecule has 1 atom stereocenters. The van der Waals surface area contributed by atoms with Crippen LogP contribution in [-0.4, -0.2) is 36.8 Å². The van der Waals surface area contributed by atoms with E-state index in [9.17, 15) is 14.4 Å². The molecule has 106 valence electrons. The Morgan fingerprint density at radius 2 is 2.05 bits per heavy atom. The van der Waals surface area contributed by atoms with Gasteiger partial charge in [-0.3, -0.25) is 14.4 Å². The molecule has 0 fully saturated rings. The van der Waals surface area contributed by atoms with E-state index >= 15 is 0 Å². The van der Waals surface area contributed by atoms with Crippen molar-refractivity contribution in [1.82, 2.24) is 10.6 Å². The first-order valence-electron chi connectivity index (χ1n) is 6.45. The van der Waals surface area contributed by atoms with Crippen molar-refractivity contribution < 1.29 is 19.1 Å². The number of rotatable bonds is 4. The standard InChI is InChI=1S/C14H16N2O4/c1-2-15-13(18)8-16-14(19)12-7-10(17)9-5-3-4-6-11(9)20-12/h3-6,12H,2,7-8H2,1H3,(H,15,18)(H,16,19). The van der Waals surface area contributed by atoms with Crippen molar-refractivity contribution in [3.05, 3.63) is 29.8 Å². The Kier molecular flexibility index (Phi) is 4.34. The van der Waals surface area contributed by atoms with E-state index < -0.39 is 12.0 Å². The zero-order chi connectivity index (χ0) is 14.5. The predicted octanol–water partition coefficient (Wildman–Crippen LogP) is 0.273. The molecule has 0 aliphatic carbocycles. The number of carbonyl (C=O) groups is 3. The van der Waals surface area contributed by atoms with Crippen molar-refractivity contribution in [2.45, 2.75) is 19.4 Å². The SMILES string of the molecule is CCNC(=O)CNC(=O)C1CC(=O)c2ccccc2O1. The van der Waals surface area contributed by atoms with Gasteiger partial charge in [0.1, 0.15) is 5.75 Å². The topological polar surface area (TPSA) is 84.5 Å². The Balaban J connectivity index is 1.96. The number of benzene rings is 1. The number of fused-ring (bicyclic) bond motifs is 1. The van der Waals surface area contributed by atoms with Gasteiger partial charge in [-0.05, 0) is 19.1 Å². The summed E-state index contributed by atoms with van der Waals surface area (Å²) in [6, 6.07) is 6.80. The zero-order valence-corrected chi connectivity index (χ0v) is 11.1. The van der Waals surface area contributed by atoms with Gasteiger partial charge < -0.3 is 15.4 Å². The highest BCUT2D eigenvalue weighted by atomic mass is 16.5. The quantitative estimate of drug-likeness (QED) is 0.827. The summed E-state index contributed by atoms with van der Waals surface area (Å²) < 4.78 is 5.49. The van der Waals surface area contributed by atoms with Crippen LogP contribution in [0.3, 0.4) is 0 Å². The molecule has 6 heteroatoms. The van der Waals surface area contributed by atoms with Crippen molar-refractivity contribution in [2.75, 3.05) is 13.1 Å². The molecule has 0 saturated heterocycles. The van der Waals surface area contributed by atoms with Gasteiger partial charge in [-0.1, -0.05) is 12.1 Å². The number of likely N-dealkylation sites (N-methyl/N-ethyl adjacent to an activating group) is 1. The van der Waals surface area contributed by atoms with Gasteiger partial charge in [0.15, 0.2) is 11.9 Å². The van der Waals surface area contributed by atoms with E-state index in [1.807, 2.05) is 0 Å². The van der Waals surface area contributed by atoms with Crippen LogP contribution in [0.25, 0.3) is 0 Å². The van der Waals surface area contributed by atoms with Crippen LogP contribution < -0.4 is 15.4 Å². The third-order valence-corrected chi connectivity index (χ3v) is 2.92. The number of ketones is 1. The Hall–Kier alpha value is -2.37. The predicted molar refractivity (Wildman–Crippen MR) is 71.5 cm³/mol. The van der Waals surface area contributed by atoms with Gasteiger partial charge in [-0.2, -0.15) is 0 Å². The van der Waals surface area contributed by atoms with Crippen LogP contribution in [0.4, 0.5) is 0 Å². The summed E-state index contributed by atoms with van der Waals surface area (Å²) in [5.41, 5.74) is 0.486. The number of carbonyl (C=O) groups excluding carboxylic acids is 3. The summed E-state index contributed by atoms with van der Waals surface area (Å²) in [5, 5.41) is 5.03. The van der Waals surface area contributed by atoms with Crippen LogP contribution in [-0.2, 0) is 9.59 Å². The number of ether oxygens (including phenoxy) is 1. The number of para-hydroxylation sites is 1. The van der Waals surface area contributed by atoms with E-state index in [0.29, 0.717) is 17.9 Å². The number of hydrogen-bond acceptors (Lipinski definition) is 4. The minimum atomic E-state index is -0.883. The minimum Gasteiger partial charge on any atom is -0.479 e. The molecule has 6 nitrogen and oxygen atoms in total. The first-order valence-corrected chi connectivity index (χ1v) is 6.45. The fourth-order valence-electron chi connectivity index (χ4n) is 1.96. The maximum absolute atomic E-state index is 11.9. The second-order valence-electron chi connectivity index (χ2n) is 4.40. The van der Waals surface area contributed by atoms with E-state index in [1.54, 1.807) is 31.2 Å². The highest BCUT2D eigenvalue weighted by Crippen LogP contribution is 2.27. The third kappa shape index (κ3) is 3.14. The lowest BCUT2D eigenvalue weighted by atomic mass is 10.0. The smallest absolute Gasteiger partial charge is 0.261 e. The van der Waals surface area contributed by atoms with Crippen molar-refractivity contribution in [3.63, 3.8) is 0 Å². The Bertz CT molecular complexity index is 542. The second kappa shape index (κ2) is 6.18. The number of Topliss-reactive ketones (excluding diaryl/α,β-unsaturated/α-hetero) is 1. The van der Waals surface area contributed by atoms with Crippen molar-refractivity contribution in [3.8, 4) is 5.75 Å². The first kappa shape index (κ1) is 14.0. The number of amides is 2. The van der Waals surface area contributed by atoms with Crippen molar-refractivity contribution in [1.29, 1.82) is 0 Å². The molecule has 1 aliphatic rings. The first-order chi connectivity index (χ1) is 9.61. The molecule has 1 heterocycles. The van der Waals surface area contributed by atoms with Gasteiger partial charge in [0.25, 0.3) is 5.91 Å². The van der Waals surface area contributed by atoms with E-state index in [0.717, 1.165) is 0 Å². The van der Waals surface area contributed by atoms with E-state index in [4.69, 9.17) is 4.74 Å². The zero-order valence-electron chi connectivity index (χ0n) is 11.1. The summed E-state index contributed by atoms with van der Waals surface area (Å²) in [5.74, 6) is -0.464. The molecule has 0 bridgehead atoms. The van der Waals surface area contributed by atoms with Crippen LogP contribution in [0, 0.1) is 0 Å². The van der Waals surface area contributed by atoms with Crippen LogP contribution in [0.2, 0.25) is 0 Å². The fourth-order valence-corrected chi connectivity index (χ4v) is 1.96. The van der Waals surface area contributed by atoms with Crippen LogP contribution in [0.5, 0.6) is 5.75 Å². The van der Waals surface area contributed by atoms with Crippen molar-refractivity contribution in [2.24, 2.45) is 0 Å². The van der Waals surface area contributed by atoms with Gasteiger partial charge >= 0.3 is 0 Å². The minimum absolute atomic E-state index is 0.0156. The molecular formula is C14H16N2O4. The molecule has 2 amide bonds. The Morgan fingerprint density at radius 3 is 2.80 bits per heavy atom. The molecule has 1 aliphatic heterocycles. The lowest BCUT2D eigenvalue weighted by Crippen LogP contribution is -2.45. The molecular weight excluding hydrogens is 260 g/mol. The van der Waals surface area contributed by atoms with Crippen LogP contribution in [0.1, 0.15) is 23.7 Å². The molecule has 20 heavy (non-hydrogen) atoms. The second-order valence-corrected chi connectivity index (χ2v) is 4.40. The average Bonchev–Trinajstić information content (AvgIpc) is 2.45. The van der Waals surface area contributed by atoms with E-state index in [1.165, 1.54) is 0 Å². The highest BCUT2D eigenvalue weighted by molar-refractivity contribution is 6.03. The lowest BCUT2D eigenvalue weighted by Gasteiger charge is -2.24. The molecule has 1 aromatic rings. The summed E-state index contributed by atoms with van der Waals surface area (Å²) in [6.07, 6.45) is -0.898. The molecule has 2 N–H and O–H groups in total. The van der Waals surface area contributed by atoms with E-state index in [-0.39, 0.29) is 24.7 Å². The average molecular weight is 276 g/mol. The van der Waals surface area contributed by atoms with Crippen LogP contribution >= 0.6 is 0 Å². The largest absolute Gasteiger partial charge is 0.479 e. The highest BCUT2D eigenvalue weighted by Gasteiger charge is 2.31. The lowest BCUT2D eigenvalue weighted by molar-refractivity contribution is -0.130. The normalized spacial score (nSPS) is 16.9. The molecule has 2 rings (SSSR count). The maximum Gasteiger partial charge on any atom is 0.261 e. The molecule has 0 spiro atoms. The summed E-state index contributed by atoms with van der Waals surface area (Å²) >= 11 is 0. The third-order valence-electron chi connectivity index (χ3n) is 2.92.